The predicted molar refractivity (Wildman–Crippen MR) is 55.1 cm³/mol. The first-order valence-corrected chi connectivity index (χ1v) is 5.07. The third-order valence-corrected chi connectivity index (χ3v) is 2.84. The fraction of sp³-hybridized carbons (Fsp3) is 0.111. The zero-order valence-corrected chi connectivity index (χ0v) is 8.86. The van der Waals surface area contributed by atoms with Crippen molar-refractivity contribution in [1.82, 2.24) is 9.36 Å². The second-order valence-electron chi connectivity index (χ2n) is 2.83. The van der Waals surface area contributed by atoms with Gasteiger partial charge in [-0.15, -0.1) is 0 Å². The molecule has 72 valence electrons. The van der Waals surface area contributed by atoms with Crippen LogP contribution in [0.3, 0.4) is 0 Å². The first kappa shape index (κ1) is 9.55. The van der Waals surface area contributed by atoms with Crippen molar-refractivity contribution >= 4 is 23.1 Å². The lowest BCUT2D eigenvalue weighted by Gasteiger charge is -2.00. The second kappa shape index (κ2) is 3.63. The fourth-order valence-electron chi connectivity index (χ4n) is 1.18. The summed E-state index contributed by atoms with van der Waals surface area (Å²) >= 11 is 6.82. The predicted octanol–water partition coefficient (Wildman–Crippen LogP) is 3.31. The van der Waals surface area contributed by atoms with Crippen LogP contribution >= 0.6 is 23.1 Å². The Kier molecular flexibility index (Phi) is 2.48. The topological polar surface area (TPSA) is 25.8 Å². The van der Waals surface area contributed by atoms with Crippen molar-refractivity contribution in [2.75, 3.05) is 0 Å². The first-order valence-electron chi connectivity index (χ1n) is 3.92. The molecular weight excluding hydrogens is 223 g/mol. The Balaban J connectivity index is 2.52. The Morgan fingerprint density at radius 3 is 2.79 bits per heavy atom. The van der Waals surface area contributed by atoms with Crippen LogP contribution in [0.1, 0.15) is 5.56 Å². The minimum Gasteiger partial charge on any atom is -0.207 e. The van der Waals surface area contributed by atoms with E-state index in [1.54, 1.807) is 6.07 Å². The van der Waals surface area contributed by atoms with Gasteiger partial charge in [-0.2, -0.15) is 4.37 Å². The molecule has 0 saturated carbocycles. The lowest BCUT2D eigenvalue weighted by atomic mass is 10.1. The Morgan fingerprint density at radius 2 is 2.21 bits per heavy atom. The lowest BCUT2D eigenvalue weighted by molar-refractivity contribution is 0.627. The van der Waals surface area contributed by atoms with Crippen molar-refractivity contribution < 1.29 is 4.39 Å². The third kappa shape index (κ3) is 1.76. The van der Waals surface area contributed by atoms with Gasteiger partial charge in [-0.1, -0.05) is 0 Å². The number of hydrogen-bond acceptors (Lipinski definition) is 3. The lowest BCUT2D eigenvalue weighted by Crippen LogP contribution is -1.83. The molecule has 0 aliphatic heterocycles. The zero-order chi connectivity index (χ0) is 10.1. The van der Waals surface area contributed by atoms with Gasteiger partial charge in [-0.05, 0) is 53.8 Å². The van der Waals surface area contributed by atoms with Gasteiger partial charge >= 0.3 is 0 Å². The highest BCUT2D eigenvalue weighted by molar-refractivity contribution is 7.09. The molecule has 0 saturated heterocycles. The van der Waals surface area contributed by atoms with Gasteiger partial charge in [0.2, 0.25) is 5.28 Å². The number of hydrogen-bond donors (Lipinski definition) is 0. The molecule has 1 heterocycles. The van der Waals surface area contributed by atoms with Crippen molar-refractivity contribution in [3.63, 3.8) is 0 Å². The van der Waals surface area contributed by atoms with E-state index in [9.17, 15) is 4.39 Å². The molecule has 0 aliphatic carbocycles. The van der Waals surface area contributed by atoms with E-state index < -0.39 is 0 Å². The summed E-state index contributed by atoms with van der Waals surface area (Å²) < 4.78 is 16.7. The van der Waals surface area contributed by atoms with Crippen molar-refractivity contribution in [2.24, 2.45) is 0 Å². The quantitative estimate of drug-likeness (QED) is 0.749. The maximum atomic E-state index is 12.8. The second-order valence-corrected chi connectivity index (χ2v) is 3.92. The molecule has 0 fully saturated rings. The fourth-order valence-corrected chi connectivity index (χ4v) is 2.08. The summed E-state index contributed by atoms with van der Waals surface area (Å²) in [5, 5.41) is 0.946. The van der Waals surface area contributed by atoms with E-state index in [1.165, 1.54) is 23.7 Å². The van der Waals surface area contributed by atoms with Gasteiger partial charge in [-0.3, -0.25) is 0 Å². The van der Waals surface area contributed by atoms with E-state index >= 15 is 0 Å². The van der Waals surface area contributed by atoms with E-state index in [4.69, 9.17) is 11.6 Å². The van der Waals surface area contributed by atoms with Crippen LogP contribution in [0.5, 0.6) is 0 Å². The van der Waals surface area contributed by atoms with Gasteiger partial charge in [-0.25, -0.2) is 9.37 Å². The molecule has 0 bridgehead atoms. The standard InChI is InChI=1S/C9H6ClFN2S/c1-5-4-6(11)2-3-7(5)8-12-9(10)13-14-8/h2-4H,1H3. The minimum absolute atomic E-state index is 0.230. The van der Waals surface area contributed by atoms with Crippen LogP contribution < -0.4 is 0 Å². The minimum atomic E-state index is -0.248. The van der Waals surface area contributed by atoms with Crippen LogP contribution in [0.15, 0.2) is 18.2 Å². The average molecular weight is 229 g/mol. The summed E-state index contributed by atoms with van der Waals surface area (Å²) in [5.41, 5.74) is 1.70. The van der Waals surface area contributed by atoms with Gasteiger partial charge in [0.05, 0.1) is 0 Å². The number of aryl methyl sites for hydroxylation is 1. The highest BCUT2D eigenvalue weighted by Crippen LogP contribution is 2.26. The summed E-state index contributed by atoms with van der Waals surface area (Å²) in [4.78, 5) is 4.02. The average Bonchev–Trinajstić information content (AvgIpc) is 2.51. The largest absolute Gasteiger partial charge is 0.234 e. The van der Waals surface area contributed by atoms with E-state index in [1.807, 2.05) is 6.92 Å². The molecule has 1 aromatic heterocycles. The number of halogens is 2. The number of nitrogens with zero attached hydrogens (tertiary/aromatic N) is 2. The van der Waals surface area contributed by atoms with E-state index in [0.717, 1.165) is 11.1 Å². The molecule has 1 aromatic carbocycles. The van der Waals surface area contributed by atoms with Gasteiger partial charge < -0.3 is 0 Å². The Hall–Kier alpha value is -1.00. The molecule has 2 nitrogen and oxygen atoms in total. The molecule has 0 spiro atoms. The van der Waals surface area contributed by atoms with Crippen molar-refractivity contribution in [3.05, 3.63) is 34.9 Å². The summed E-state index contributed by atoms with van der Waals surface area (Å²) in [6.45, 7) is 1.83. The molecule has 14 heavy (non-hydrogen) atoms. The van der Waals surface area contributed by atoms with Gasteiger partial charge in [0.1, 0.15) is 10.8 Å². The van der Waals surface area contributed by atoms with Crippen molar-refractivity contribution in [2.45, 2.75) is 6.92 Å². The summed E-state index contributed by atoms with van der Waals surface area (Å²) in [6, 6.07) is 4.55. The molecule has 5 heteroatoms. The highest BCUT2D eigenvalue weighted by atomic mass is 35.5. The smallest absolute Gasteiger partial charge is 0.207 e. The Bertz CT molecular complexity index is 470. The van der Waals surface area contributed by atoms with Gasteiger partial charge in [0.15, 0.2) is 0 Å². The Morgan fingerprint density at radius 1 is 1.43 bits per heavy atom. The molecule has 2 rings (SSSR count). The van der Waals surface area contributed by atoms with Gasteiger partial charge in [0, 0.05) is 5.56 Å². The molecule has 2 aromatic rings. The maximum Gasteiger partial charge on any atom is 0.234 e. The first-order chi connectivity index (χ1) is 6.66. The van der Waals surface area contributed by atoms with E-state index in [0.29, 0.717) is 5.01 Å². The van der Waals surface area contributed by atoms with E-state index in [2.05, 4.69) is 9.36 Å². The molecule has 0 atom stereocenters. The van der Waals surface area contributed by atoms with Crippen molar-refractivity contribution in [1.29, 1.82) is 0 Å². The SMILES string of the molecule is Cc1cc(F)ccc1-c1nc(Cl)ns1. The molecule has 0 unspecified atom stereocenters. The number of benzene rings is 1. The van der Waals surface area contributed by atoms with Crippen LogP contribution in [0.4, 0.5) is 4.39 Å². The molecule has 0 amide bonds. The van der Waals surface area contributed by atoms with Crippen LogP contribution in [0.2, 0.25) is 5.28 Å². The van der Waals surface area contributed by atoms with Crippen LogP contribution in [0, 0.1) is 12.7 Å². The van der Waals surface area contributed by atoms with Gasteiger partial charge in [0.25, 0.3) is 0 Å². The number of aromatic nitrogens is 2. The molecule has 0 aliphatic rings. The summed E-state index contributed by atoms with van der Waals surface area (Å²) in [6.07, 6.45) is 0. The Labute approximate surface area is 89.5 Å². The molecule has 0 radical (unpaired) electrons. The van der Waals surface area contributed by atoms with E-state index in [-0.39, 0.29) is 11.1 Å². The summed E-state index contributed by atoms with van der Waals surface area (Å²) in [5.74, 6) is -0.248. The zero-order valence-electron chi connectivity index (χ0n) is 7.29. The third-order valence-electron chi connectivity index (χ3n) is 1.82. The summed E-state index contributed by atoms with van der Waals surface area (Å²) in [7, 11) is 0. The van der Waals surface area contributed by atoms with Crippen molar-refractivity contribution in [3.8, 4) is 10.6 Å². The van der Waals surface area contributed by atoms with Crippen LogP contribution in [-0.4, -0.2) is 9.36 Å². The van der Waals surface area contributed by atoms with Crippen LogP contribution in [0.25, 0.3) is 10.6 Å². The highest BCUT2D eigenvalue weighted by Gasteiger charge is 2.07. The monoisotopic (exact) mass is 228 g/mol. The molecular formula is C9H6ClFN2S. The normalized spacial score (nSPS) is 10.5. The molecule has 0 N–H and O–H groups in total. The maximum absolute atomic E-state index is 12.8. The van der Waals surface area contributed by atoms with Crippen LogP contribution in [-0.2, 0) is 0 Å². The number of rotatable bonds is 1.